The smallest absolute Gasteiger partial charge is 0.246 e. The minimum atomic E-state index is 0. The summed E-state index contributed by atoms with van der Waals surface area (Å²) >= 11 is 5.89. The van der Waals surface area contributed by atoms with Crippen LogP contribution in [0, 0.1) is 0 Å². The van der Waals surface area contributed by atoms with Gasteiger partial charge in [0.15, 0.2) is 5.96 Å². The molecule has 0 aliphatic heterocycles. The molecule has 3 aromatic rings. The molecule has 1 heterocycles. The SMILES string of the molecule is CN=C(NCCc1ccccc1)NCc1nc(-c2ccc(Cl)cc2)no1.I. The van der Waals surface area contributed by atoms with E-state index in [1.807, 2.05) is 30.3 Å². The molecule has 2 aromatic carbocycles. The van der Waals surface area contributed by atoms with E-state index in [9.17, 15) is 0 Å². The summed E-state index contributed by atoms with van der Waals surface area (Å²) in [5.74, 6) is 1.71. The highest BCUT2D eigenvalue weighted by Crippen LogP contribution is 2.18. The molecule has 2 N–H and O–H groups in total. The van der Waals surface area contributed by atoms with Crippen molar-refractivity contribution in [2.45, 2.75) is 13.0 Å². The monoisotopic (exact) mass is 497 g/mol. The van der Waals surface area contributed by atoms with E-state index in [0.29, 0.717) is 29.2 Å². The first-order valence-electron chi connectivity index (χ1n) is 8.31. The second-order valence-electron chi connectivity index (χ2n) is 5.61. The summed E-state index contributed by atoms with van der Waals surface area (Å²) in [6, 6.07) is 17.6. The largest absolute Gasteiger partial charge is 0.356 e. The third-order valence-electron chi connectivity index (χ3n) is 3.75. The van der Waals surface area contributed by atoms with Crippen LogP contribution in [-0.4, -0.2) is 29.7 Å². The summed E-state index contributed by atoms with van der Waals surface area (Å²) in [7, 11) is 1.73. The lowest BCUT2D eigenvalue weighted by molar-refractivity contribution is 0.375. The van der Waals surface area contributed by atoms with Crippen LogP contribution in [0.15, 0.2) is 64.1 Å². The number of nitrogens with one attached hydrogen (secondary N) is 2. The number of halogens is 2. The Morgan fingerprint density at radius 1 is 1.07 bits per heavy atom. The molecule has 0 atom stereocenters. The van der Waals surface area contributed by atoms with Crippen LogP contribution in [0.4, 0.5) is 0 Å². The predicted octanol–water partition coefficient (Wildman–Crippen LogP) is 3.92. The maximum absolute atomic E-state index is 5.89. The molecule has 0 saturated heterocycles. The molecule has 3 rings (SSSR count). The van der Waals surface area contributed by atoms with Gasteiger partial charge in [0.2, 0.25) is 11.7 Å². The van der Waals surface area contributed by atoms with Gasteiger partial charge in [0, 0.05) is 24.2 Å². The zero-order valence-corrected chi connectivity index (χ0v) is 17.9. The Bertz CT molecular complexity index is 852. The van der Waals surface area contributed by atoms with Crippen molar-refractivity contribution in [2.75, 3.05) is 13.6 Å². The average molecular weight is 498 g/mol. The predicted molar refractivity (Wildman–Crippen MR) is 119 cm³/mol. The Morgan fingerprint density at radius 3 is 2.52 bits per heavy atom. The standard InChI is InChI=1S/C19H20ClN5O.HI/c1-21-19(22-12-11-14-5-3-2-4-6-14)23-13-17-24-18(25-26-17)15-7-9-16(20)10-8-15;/h2-10H,11-13H2,1H3,(H2,21,22,23);1H. The molecule has 142 valence electrons. The van der Waals surface area contributed by atoms with Crippen molar-refractivity contribution < 1.29 is 4.52 Å². The number of aromatic nitrogens is 2. The molecular formula is C19H21ClIN5O. The van der Waals surface area contributed by atoms with Gasteiger partial charge in [0.25, 0.3) is 0 Å². The van der Waals surface area contributed by atoms with Gasteiger partial charge >= 0.3 is 0 Å². The Balaban J connectivity index is 0.00000261. The Kier molecular flexibility index (Phi) is 8.53. The van der Waals surface area contributed by atoms with E-state index in [1.54, 1.807) is 19.2 Å². The van der Waals surface area contributed by atoms with Crippen LogP contribution in [0.25, 0.3) is 11.4 Å². The van der Waals surface area contributed by atoms with E-state index in [-0.39, 0.29) is 24.0 Å². The van der Waals surface area contributed by atoms with E-state index in [2.05, 4.69) is 37.9 Å². The van der Waals surface area contributed by atoms with Crippen LogP contribution in [0.1, 0.15) is 11.5 Å². The number of benzene rings is 2. The van der Waals surface area contributed by atoms with Crippen LogP contribution in [0.5, 0.6) is 0 Å². The molecule has 0 saturated carbocycles. The van der Waals surface area contributed by atoms with Gasteiger partial charge in [-0.1, -0.05) is 47.1 Å². The molecule has 0 bridgehead atoms. The molecule has 0 unspecified atom stereocenters. The zero-order chi connectivity index (χ0) is 18.2. The molecule has 0 spiro atoms. The van der Waals surface area contributed by atoms with Crippen molar-refractivity contribution in [1.82, 2.24) is 20.8 Å². The van der Waals surface area contributed by atoms with Gasteiger partial charge in [0.1, 0.15) is 0 Å². The number of nitrogens with zero attached hydrogens (tertiary/aromatic N) is 3. The summed E-state index contributed by atoms with van der Waals surface area (Å²) in [4.78, 5) is 8.58. The second-order valence-corrected chi connectivity index (χ2v) is 6.04. The molecule has 1 aromatic heterocycles. The van der Waals surface area contributed by atoms with Gasteiger partial charge in [-0.05, 0) is 36.2 Å². The van der Waals surface area contributed by atoms with Crippen molar-refractivity contribution in [1.29, 1.82) is 0 Å². The summed E-state index contributed by atoms with van der Waals surface area (Å²) in [6.07, 6.45) is 0.919. The lowest BCUT2D eigenvalue weighted by Crippen LogP contribution is -2.37. The fraction of sp³-hybridized carbons (Fsp3) is 0.211. The highest BCUT2D eigenvalue weighted by Gasteiger charge is 2.09. The van der Waals surface area contributed by atoms with Crippen molar-refractivity contribution in [3.05, 3.63) is 71.1 Å². The van der Waals surface area contributed by atoms with E-state index in [4.69, 9.17) is 16.1 Å². The minimum absolute atomic E-state index is 0. The molecule has 6 nitrogen and oxygen atoms in total. The van der Waals surface area contributed by atoms with Crippen molar-refractivity contribution in [2.24, 2.45) is 4.99 Å². The molecule has 0 amide bonds. The van der Waals surface area contributed by atoms with Crippen molar-refractivity contribution in [3.8, 4) is 11.4 Å². The first-order valence-corrected chi connectivity index (χ1v) is 8.69. The normalized spacial score (nSPS) is 11.0. The summed E-state index contributed by atoms with van der Waals surface area (Å²) in [6.45, 7) is 1.18. The fourth-order valence-corrected chi connectivity index (χ4v) is 2.52. The van der Waals surface area contributed by atoms with Crippen molar-refractivity contribution >= 4 is 41.5 Å². The van der Waals surface area contributed by atoms with Gasteiger partial charge in [-0.25, -0.2) is 0 Å². The number of hydrogen-bond acceptors (Lipinski definition) is 4. The van der Waals surface area contributed by atoms with Crippen molar-refractivity contribution in [3.63, 3.8) is 0 Å². The Labute approximate surface area is 180 Å². The lowest BCUT2D eigenvalue weighted by atomic mass is 10.1. The topological polar surface area (TPSA) is 75.3 Å². The molecule has 0 fully saturated rings. The van der Waals surface area contributed by atoms with Crippen LogP contribution < -0.4 is 10.6 Å². The fourth-order valence-electron chi connectivity index (χ4n) is 2.39. The number of rotatable bonds is 6. The van der Waals surface area contributed by atoms with Crippen LogP contribution in [0.2, 0.25) is 5.02 Å². The zero-order valence-electron chi connectivity index (χ0n) is 14.9. The van der Waals surface area contributed by atoms with Gasteiger partial charge in [-0.15, -0.1) is 24.0 Å². The van der Waals surface area contributed by atoms with Gasteiger partial charge < -0.3 is 15.2 Å². The first-order chi connectivity index (χ1) is 12.7. The summed E-state index contributed by atoms with van der Waals surface area (Å²) < 4.78 is 5.28. The molecule has 8 heteroatoms. The second kappa shape index (κ2) is 10.9. The maximum Gasteiger partial charge on any atom is 0.246 e. The maximum atomic E-state index is 5.89. The Morgan fingerprint density at radius 2 is 1.81 bits per heavy atom. The molecule has 0 radical (unpaired) electrons. The van der Waals surface area contributed by atoms with Crippen LogP contribution >= 0.6 is 35.6 Å². The van der Waals surface area contributed by atoms with Gasteiger partial charge in [-0.2, -0.15) is 4.98 Å². The third kappa shape index (κ3) is 6.51. The first kappa shape index (κ1) is 21.2. The summed E-state index contributed by atoms with van der Waals surface area (Å²) in [5, 5.41) is 11.1. The summed E-state index contributed by atoms with van der Waals surface area (Å²) in [5.41, 5.74) is 2.13. The Hall–Kier alpha value is -2.13. The quantitative estimate of drug-likeness (QED) is 0.307. The van der Waals surface area contributed by atoms with Gasteiger partial charge in [0.05, 0.1) is 6.54 Å². The van der Waals surface area contributed by atoms with E-state index in [1.165, 1.54) is 5.56 Å². The van der Waals surface area contributed by atoms with E-state index >= 15 is 0 Å². The third-order valence-corrected chi connectivity index (χ3v) is 4.00. The number of hydrogen-bond donors (Lipinski definition) is 2. The van der Waals surface area contributed by atoms with Crippen LogP contribution in [-0.2, 0) is 13.0 Å². The number of guanidine groups is 1. The lowest BCUT2D eigenvalue weighted by Gasteiger charge is -2.10. The molecular weight excluding hydrogens is 477 g/mol. The highest BCUT2D eigenvalue weighted by atomic mass is 127. The van der Waals surface area contributed by atoms with E-state index < -0.39 is 0 Å². The number of aliphatic imine (C=N–C) groups is 1. The highest BCUT2D eigenvalue weighted by molar-refractivity contribution is 14.0. The minimum Gasteiger partial charge on any atom is -0.356 e. The van der Waals surface area contributed by atoms with E-state index in [0.717, 1.165) is 18.5 Å². The van der Waals surface area contributed by atoms with Gasteiger partial charge in [-0.3, -0.25) is 4.99 Å². The van der Waals surface area contributed by atoms with Crippen LogP contribution in [0.3, 0.4) is 0 Å². The average Bonchev–Trinajstić information content (AvgIpc) is 3.15. The molecule has 0 aliphatic rings. The molecule has 27 heavy (non-hydrogen) atoms. The molecule has 0 aliphatic carbocycles.